The minimum atomic E-state index is -2.35. The number of rotatable bonds is 7. The van der Waals surface area contributed by atoms with Gasteiger partial charge in [-0.3, -0.25) is 38.4 Å². The summed E-state index contributed by atoms with van der Waals surface area (Å²) in [4.78, 5) is 105. The molecule has 0 spiro atoms. The third kappa shape index (κ3) is 8.56. The Kier molecular flexibility index (Phi) is 12.3. The molecule has 48 heavy (non-hydrogen) atoms. The molecule has 0 amide bonds. The number of hydrogen-bond acceptors (Lipinski definition) is 14. The molecule has 0 aromatic heterocycles. The Hall–Kier alpha value is -4.36. The van der Waals surface area contributed by atoms with Crippen molar-refractivity contribution in [1.82, 2.24) is 0 Å². The van der Waals surface area contributed by atoms with Gasteiger partial charge in [0, 0.05) is 57.9 Å². The van der Waals surface area contributed by atoms with E-state index in [1.165, 1.54) is 53.7 Å². The van der Waals surface area contributed by atoms with Crippen molar-refractivity contribution in [1.29, 1.82) is 0 Å². The van der Waals surface area contributed by atoms with Crippen LogP contribution in [0.1, 0.15) is 82.6 Å². The molecule has 1 saturated carbocycles. The largest absolute Gasteiger partial charge is 0.458 e. The van der Waals surface area contributed by atoms with Gasteiger partial charge in [-0.05, 0) is 20.8 Å². The Bertz CT molecular complexity index is 1410. The van der Waals surface area contributed by atoms with E-state index < -0.39 is 113 Å². The molecule has 0 aliphatic heterocycles. The zero-order chi connectivity index (χ0) is 37.1. The lowest BCUT2D eigenvalue weighted by atomic mass is 9.72. The zero-order valence-electron chi connectivity index (χ0n) is 29.3. The summed E-state index contributed by atoms with van der Waals surface area (Å²) < 4.78 is 34.2. The Labute approximate surface area is 279 Å². The normalized spacial score (nSPS) is 32.5. The SMILES string of the molecule is C=C1[C@H](OC(C)=O)C2[C@@H](OC(C)=O)[C@](C)(OC(C)=O)C[C@]2(OC(C)=O)C(=O)[C@H](C)/C=C/C(C)(C)C(=O)[C@H](OC(=O)C(C)C)[C@H]1OC(C)=O. The maximum absolute atomic E-state index is 14.7. The van der Waals surface area contributed by atoms with E-state index in [9.17, 15) is 38.4 Å². The molecule has 0 radical (unpaired) electrons. The average molecular weight is 679 g/mol. The maximum Gasteiger partial charge on any atom is 0.309 e. The molecule has 0 saturated heterocycles. The van der Waals surface area contributed by atoms with Crippen LogP contribution in [0.3, 0.4) is 0 Å². The lowest BCUT2D eigenvalue weighted by Crippen LogP contribution is -2.58. The summed E-state index contributed by atoms with van der Waals surface area (Å²) in [5.41, 5.74) is -6.09. The van der Waals surface area contributed by atoms with Crippen LogP contribution in [0.2, 0.25) is 0 Å². The minimum Gasteiger partial charge on any atom is -0.458 e. The molecule has 266 valence electrons. The number of ketones is 2. The Balaban J connectivity index is 3.22. The van der Waals surface area contributed by atoms with E-state index in [0.717, 1.165) is 34.6 Å². The second-order valence-corrected chi connectivity index (χ2v) is 13.4. The summed E-state index contributed by atoms with van der Waals surface area (Å²) in [6.07, 6.45) is -5.03. The number of ether oxygens (including phenoxy) is 6. The third-order valence-electron chi connectivity index (χ3n) is 8.23. The molecule has 2 aliphatic rings. The van der Waals surface area contributed by atoms with Gasteiger partial charge in [-0.15, -0.1) is 0 Å². The van der Waals surface area contributed by atoms with Gasteiger partial charge < -0.3 is 28.4 Å². The molecular weight excluding hydrogens is 632 g/mol. The van der Waals surface area contributed by atoms with Crippen molar-refractivity contribution in [2.24, 2.45) is 23.2 Å². The highest BCUT2D eigenvalue weighted by Gasteiger charge is 2.72. The van der Waals surface area contributed by atoms with Gasteiger partial charge in [-0.2, -0.15) is 0 Å². The first kappa shape index (κ1) is 39.8. The fourth-order valence-electron chi connectivity index (χ4n) is 6.28. The predicted molar refractivity (Wildman–Crippen MR) is 165 cm³/mol. The molecule has 2 aliphatic carbocycles. The number of carbonyl (C=O) groups is 8. The second-order valence-electron chi connectivity index (χ2n) is 13.4. The quantitative estimate of drug-likeness (QED) is 0.217. The van der Waals surface area contributed by atoms with Gasteiger partial charge in [0.2, 0.25) is 6.10 Å². The van der Waals surface area contributed by atoms with Crippen LogP contribution in [-0.4, -0.2) is 83.0 Å². The van der Waals surface area contributed by atoms with Gasteiger partial charge in [0.15, 0.2) is 35.0 Å². The summed E-state index contributed by atoms with van der Waals surface area (Å²) in [5, 5.41) is 0. The lowest BCUT2D eigenvalue weighted by molar-refractivity contribution is -0.191. The highest BCUT2D eigenvalue weighted by atomic mass is 16.6. The fraction of sp³-hybridized carbons (Fsp3) is 0.647. The number of hydrogen-bond donors (Lipinski definition) is 0. The first-order chi connectivity index (χ1) is 21.9. The van der Waals surface area contributed by atoms with Gasteiger partial charge >= 0.3 is 35.8 Å². The van der Waals surface area contributed by atoms with Crippen LogP contribution in [0, 0.1) is 23.2 Å². The molecule has 0 aromatic carbocycles. The second kappa shape index (κ2) is 14.8. The Morgan fingerprint density at radius 2 is 1.23 bits per heavy atom. The monoisotopic (exact) mass is 678 g/mol. The highest BCUT2D eigenvalue weighted by molar-refractivity contribution is 5.96. The van der Waals surface area contributed by atoms with Crippen LogP contribution in [0.4, 0.5) is 0 Å². The topological polar surface area (TPSA) is 192 Å². The number of fused-ring (bicyclic) bond motifs is 1. The van der Waals surface area contributed by atoms with Crippen LogP contribution < -0.4 is 0 Å². The summed E-state index contributed by atoms with van der Waals surface area (Å²) in [5.74, 6) is -10.6. The van der Waals surface area contributed by atoms with E-state index in [0.29, 0.717) is 0 Å². The molecule has 8 atom stereocenters. The van der Waals surface area contributed by atoms with Crippen molar-refractivity contribution in [2.75, 3.05) is 0 Å². The van der Waals surface area contributed by atoms with Crippen LogP contribution in [0.25, 0.3) is 0 Å². The standard InChI is InChI=1S/C34H46O14/c1-16(2)31(42)46-27-26(44-20(6)36)18(4)25(43-19(5)35)24-30(45-21(7)37)33(12,47-22(8)38)15-34(24,48-23(9)39)28(40)17(3)13-14-32(10,11)29(27)41/h13-14,16-17,24-27,30H,4,15H2,1-3,5-12H3/b14-13+/t17-,24?,25+,26+,27-,30-,33-,34-/m1/s1. The van der Waals surface area contributed by atoms with Gasteiger partial charge in [-0.1, -0.05) is 39.5 Å². The predicted octanol–water partition coefficient (Wildman–Crippen LogP) is 2.92. The van der Waals surface area contributed by atoms with Gasteiger partial charge in [0.25, 0.3) is 0 Å². The fourth-order valence-corrected chi connectivity index (χ4v) is 6.28. The van der Waals surface area contributed by atoms with Crippen molar-refractivity contribution in [3.63, 3.8) is 0 Å². The van der Waals surface area contributed by atoms with Gasteiger partial charge in [0.05, 0.1) is 11.8 Å². The van der Waals surface area contributed by atoms with E-state index >= 15 is 0 Å². The molecule has 1 unspecified atom stereocenters. The van der Waals surface area contributed by atoms with E-state index in [1.807, 2.05) is 0 Å². The summed E-state index contributed by atoms with van der Waals surface area (Å²) in [6.45, 7) is 18.0. The number of allylic oxidation sites excluding steroid dienone is 2. The van der Waals surface area contributed by atoms with Crippen molar-refractivity contribution < 1.29 is 66.8 Å². The lowest BCUT2D eigenvalue weighted by Gasteiger charge is -2.42. The molecule has 14 nitrogen and oxygen atoms in total. The summed E-state index contributed by atoms with van der Waals surface area (Å²) in [7, 11) is 0. The van der Waals surface area contributed by atoms with E-state index in [1.54, 1.807) is 0 Å². The molecule has 0 heterocycles. The number of carbonyl (C=O) groups excluding carboxylic acids is 8. The van der Waals surface area contributed by atoms with Crippen molar-refractivity contribution in [3.8, 4) is 0 Å². The maximum atomic E-state index is 14.7. The van der Waals surface area contributed by atoms with Crippen molar-refractivity contribution in [3.05, 3.63) is 24.3 Å². The van der Waals surface area contributed by atoms with Crippen LogP contribution >= 0.6 is 0 Å². The molecule has 0 aromatic rings. The molecule has 2 rings (SSSR count). The summed E-state index contributed by atoms with van der Waals surface area (Å²) in [6, 6.07) is 0. The molecule has 1 fully saturated rings. The Morgan fingerprint density at radius 1 is 0.729 bits per heavy atom. The minimum absolute atomic E-state index is 0.387. The van der Waals surface area contributed by atoms with Crippen molar-refractivity contribution in [2.45, 2.75) is 118 Å². The molecule has 0 bridgehead atoms. The average Bonchev–Trinajstić information content (AvgIpc) is 3.15. The van der Waals surface area contributed by atoms with Crippen LogP contribution in [0.15, 0.2) is 24.3 Å². The number of Topliss-reactive ketones (excluding diaryl/α,β-unsaturated/α-hetero) is 2. The van der Waals surface area contributed by atoms with Gasteiger partial charge in [-0.25, -0.2) is 0 Å². The first-order valence-corrected chi connectivity index (χ1v) is 15.5. The van der Waals surface area contributed by atoms with E-state index in [2.05, 4.69) is 6.58 Å². The van der Waals surface area contributed by atoms with Gasteiger partial charge in [0.1, 0.15) is 6.10 Å². The number of esters is 6. The summed E-state index contributed by atoms with van der Waals surface area (Å²) >= 11 is 0. The first-order valence-electron chi connectivity index (χ1n) is 15.5. The van der Waals surface area contributed by atoms with Crippen LogP contribution in [-0.2, 0) is 66.8 Å². The third-order valence-corrected chi connectivity index (χ3v) is 8.23. The van der Waals surface area contributed by atoms with Crippen LogP contribution in [0.5, 0.6) is 0 Å². The molecule has 14 heteroatoms. The highest BCUT2D eigenvalue weighted by Crippen LogP contribution is 2.54. The zero-order valence-corrected chi connectivity index (χ0v) is 29.3. The van der Waals surface area contributed by atoms with E-state index in [-0.39, 0.29) is 5.57 Å². The Morgan fingerprint density at radius 3 is 1.69 bits per heavy atom. The smallest absolute Gasteiger partial charge is 0.309 e. The molecule has 0 N–H and O–H groups in total. The van der Waals surface area contributed by atoms with E-state index in [4.69, 9.17) is 28.4 Å². The van der Waals surface area contributed by atoms with Crippen molar-refractivity contribution >= 4 is 47.4 Å². The molecular formula is C34H46O14.